The molecule has 0 aliphatic heterocycles. The van der Waals surface area contributed by atoms with Crippen LogP contribution in [-0.2, 0) is 10.0 Å². The standard InChI is InChI=1S/C17H19BrN2O3S/c1-3-12(2)19-17(21)15-6-4-5-7-16(15)20-24(22,23)14-10-8-13(18)9-11-14/h4-12,20H,3H2,1-2H3,(H,19,21). The first-order valence-electron chi connectivity index (χ1n) is 7.51. The molecule has 0 spiro atoms. The van der Waals surface area contributed by atoms with Crippen molar-refractivity contribution in [1.82, 2.24) is 5.32 Å². The molecular formula is C17H19BrN2O3S. The lowest BCUT2D eigenvalue weighted by molar-refractivity contribution is 0.0940. The van der Waals surface area contributed by atoms with E-state index in [1.165, 1.54) is 12.1 Å². The predicted octanol–water partition coefficient (Wildman–Crippen LogP) is 3.78. The third-order valence-electron chi connectivity index (χ3n) is 3.53. The van der Waals surface area contributed by atoms with Gasteiger partial charge in [-0.2, -0.15) is 0 Å². The highest BCUT2D eigenvalue weighted by atomic mass is 79.9. The molecule has 2 aromatic rings. The number of rotatable bonds is 6. The Hall–Kier alpha value is -1.86. The first kappa shape index (κ1) is 18.5. The number of carbonyl (C=O) groups is 1. The van der Waals surface area contributed by atoms with E-state index in [2.05, 4.69) is 26.0 Å². The third-order valence-corrected chi connectivity index (χ3v) is 5.44. The van der Waals surface area contributed by atoms with Crippen molar-refractivity contribution in [3.8, 4) is 0 Å². The van der Waals surface area contributed by atoms with Crippen LogP contribution in [0.4, 0.5) is 5.69 Å². The van der Waals surface area contributed by atoms with Crippen LogP contribution in [0.1, 0.15) is 30.6 Å². The summed E-state index contributed by atoms with van der Waals surface area (Å²) in [4.78, 5) is 12.5. The third kappa shape index (κ3) is 4.58. The van der Waals surface area contributed by atoms with Gasteiger partial charge in [-0.05, 0) is 49.7 Å². The van der Waals surface area contributed by atoms with Gasteiger partial charge in [-0.1, -0.05) is 35.0 Å². The second-order valence-electron chi connectivity index (χ2n) is 5.39. The quantitative estimate of drug-likeness (QED) is 0.760. The molecule has 1 unspecified atom stereocenters. The molecule has 5 nitrogen and oxygen atoms in total. The zero-order valence-electron chi connectivity index (χ0n) is 13.4. The lowest BCUT2D eigenvalue weighted by Crippen LogP contribution is -2.32. The highest BCUT2D eigenvalue weighted by Crippen LogP contribution is 2.21. The van der Waals surface area contributed by atoms with Crippen LogP contribution in [0.2, 0.25) is 0 Å². The minimum Gasteiger partial charge on any atom is -0.350 e. The monoisotopic (exact) mass is 410 g/mol. The van der Waals surface area contributed by atoms with Crippen molar-refractivity contribution in [3.05, 3.63) is 58.6 Å². The van der Waals surface area contributed by atoms with Crippen LogP contribution in [0.15, 0.2) is 57.9 Å². The Labute approximate surface area is 150 Å². The van der Waals surface area contributed by atoms with Crippen molar-refractivity contribution in [2.75, 3.05) is 4.72 Å². The van der Waals surface area contributed by atoms with E-state index in [9.17, 15) is 13.2 Å². The summed E-state index contributed by atoms with van der Waals surface area (Å²) >= 11 is 3.27. The van der Waals surface area contributed by atoms with Crippen molar-refractivity contribution >= 4 is 37.5 Å². The average Bonchev–Trinajstić information content (AvgIpc) is 2.55. The second kappa shape index (κ2) is 7.81. The SMILES string of the molecule is CCC(C)NC(=O)c1ccccc1NS(=O)(=O)c1ccc(Br)cc1. The summed E-state index contributed by atoms with van der Waals surface area (Å²) in [5, 5.41) is 2.84. The van der Waals surface area contributed by atoms with E-state index in [1.54, 1.807) is 36.4 Å². The van der Waals surface area contributed by atoms with Crippen LogP contribution in [0.5, 0.6) is 0 Å². The van der Waals surface area contributed by atoms with Crippen LogP contribution in [0.3, 0.4) is 0 Å². The smallest absolute Gasteiger partial charge is 0.261 e. The van der Waals surface area contributed by atoms with Crippen molar-refractivity contribution in [2.24, 2.45) is 0 Å². The summed E-state index contributed by atoms with van der Waals surface area (Å²) < 4.78 is 28.3. The number of hydrogen-bond acceptors (Lipinski definition) is 3. The van der Waals surface area contributed by atoms with Gasteiger partial charge in [0, 0.05) is 10.5 Å². The Kier molecular flexibility index (Phi) is 6.01. The molecule has 24 heavy (non-hydrogen) atoms. The lowest BCUT2D eigenvalue weighted by atomic mass is 10.1. The Bertz CT molecular complexity index is 820. The summed E-state index contributed by atoms with van der Waals surface area (Å²) in [5.74, 6) is -0.307. The maximum absolute atomic E-state index is 12.5. The molecule has 0 fully saturated rings. The Balaban J connectivity index is 2.30. The van der Waals surface area contributed by atoms with Crippen molar-refractivity contribution < 1.29 is 13.2 Å². The molecule has 0 heterocycles. The van der Waals surface area contributed by atoms with Gasteiger partial charge in [0.15, 0.2) is 0 Å². The van der Waals surface area contributed by atoms with Crippen LogP contribution in [-0.4, -0.2) is 20.4 Å². The van der Waals surface area contributed by atoms with E-state index in [0.717, 1.165) is 10.9 Å². The van der Waals surface area contributed by atoms with Crippen molar-refractivity contribution in [2.45, 2.75) is 31.2 Å². The van der Waals surface area contributed by atoms with E-state index < -0.39 is 10.0 Å². The molecule has 2 N–H and O–H groups in total. The van der Waals surface area contributed by atoms with Gasteiger partial charge in [0.2, 0.25) is 0 Å². The maximum atomic E-state index is 12.5. The Morgan fingerprint density at radius 3 is 2.38 bits per heavy atom. The first-order valence-corrected chi connectivity index (χ1v) is 9.79. The summed E-state index contributed by atoms with van der Waals surface area (Å²) in [5.41, 5.74) is 0.541. The van der Waals surface area contributed by atoms with E-state index in [1.807, 2.05) is 13.8 Å². The molecule has 7 heteroatoms. The van der Waals surface area contributed by atoms with E-state index in [-0.39, 0.29) is 22.5 Å². The fourth-order valence-corrected chi connectivity index (χ4v) is 3.34. The number of para-hydroxylation sites is 1. The maximum Gasteiger partial charge on any atom is 0.261 e. The minimum absolute atomic E-state index is 0.00800. The minimum atomic E-state index is -3.77. The summed E-state index contributed by atoms with van der Waals surface area (Å²) in [7, 11) is -3.77. The fourth-order valence-electron chi connectivity index (χ4n) is 1.99. The van der Waals surface area contributed by atoms with Gasteiger partial charge in [-0.3, -0.25) is 9.52 Å². The highest BCUT2D eigenvalue weighted by Gasteiger charge is 2.19. The molecular weight excluding hydrogens is 392 g/mol. The molecule has 1 amide bonds. The van der Waals surface area contributed by atoms with Crippen molar-refractivity contribution in [3.63, 3.8) is 0 Å². The molecule has 2 aromatic carbocycles. The number of anilines is 1. The fraction of sp³-hybridized carbons (Fsp3) is 0.235. The Morgan fingerprint density at radius 1 is 1.12 bits per heavy atom. The molecule has 0 saturated carbocycles. The number of carbonyl (C=O) groups excluding carboxylic acids is 1. The molecule has 0 saturated heterocycles. The summed E-state index contributed by atoms with van der Waals surface area (Å²) in [6.07, 6.45) is 0.790. The zero-order valence-corrected chi connectivity index (χ0v) is 15.8. The van der Waals surface area contributed by atoms with Gasteiger partial charge < -0.3 is 5.32 Å². The zero-order chi connectivity index (χ0) is 17.7. The Morgan fingerprint density at radius 2 is 1.75 bits per heavy atom. The topological polar surface area (TPSA) is 75.3 Å². The van der Waals surface area contributed by atoms with E-state index >= 15 is 0 Å². The second-order valence-corrected chi connectivity index (χ2v) is 7.99. The average molecular weight is 411 g/mol. The van der Waals surface area contributed by atoms with Crippen LogP contribution >= 0.6 is 15.9 Å². The molecule has 2 rings (SSSR count). The van der Waals surface area contributed by atoms with Gasteiger partial charge in [0.05, 0.1) is 16.1 Å². The number of benzene rings is 2. The lowest BCUT2D eigenvalue weighted by Gasteiger charge is -2.15. The molecule has 0 aromatic heterocycles. The number of sulfonamides is 1. The van der Waals surface area contributed by atoms with E-state index in [0.29, 0.717) is 5.56 Å². The largest absolute Gasteiger partial charge is 0.350 e. The molecule has 1 atom stereocenters. The highest BCUT2D eigenvalue weighted by molar-refractivity contribution is 9.10. The van der Waals surface area contributed by atoms with Crippen LogP contribution < -0.4 is 10.0 Å². The summed E-state index contributed by atoms with van der Waals surface area (Å²) in [6, 6.07) is 12.8. The molecule has 0 aliphatic carbocycles. The number of halogens is 1. The first-order chi connectivity index (χ1) is 11.3. The van der Waals surface area contributed by atoms with Gasteiger partial charge >= 0.3 is 0 Å². The number of amides is 1. The number of nitrogens with one attached hydrogen (secondary N) is 2. The molecule has 0 aliphatic rings. The van der Waals surface area contributed by atoms with Gasteiger partial charge in [-0.25, -0.2) is 8.42 Å². The van der Waals surface area contributed by atoms with Gasteiger partial charge in [0.25, 0.3) is 15.9 Å². The van der Waals surface area contributed by atoms with Gasteiger partial charge in [0.1, 0.15) is 0 Å². The molecule has 0 bridgehead atoms. The van der Waals surface area contributed by atoms with Gasteiger partial charge in [-0.15, -0.1) is 0 Å². The molecule has 128 valence electrons. The predicted molar refractivity (Wildman–Crippen MR) is 98.6 cm³/mol. The van der Waals surface area contributed by atoms with Crippen LogP contribution in [0, 0.1) is 0 Å². The van der Waals surface area contributed by atoms with Crippen molar-refractivity contribution in [1.29, 1.82) is 0 Å². The van der Waals surface area contributed by atoms with E-state index in [4.69, 9.17) is 0 Å². The number of hydrogen-bond donors (Lipinski definition) is 2. The normalized spacial score (nSPS) is 12.5. The summed E-state index contributed by atoms with van der Waals surface area (Å²) in [6.45, 7) is 3.86. The molecule has 0 radical (unpaired) electrons. The van der Waals surface area contributed by atoms with Crippen LogP contribution in [0.25, 0.3) is 0 Å².